The molecule has 106 valence electrons. The number of nitrogens with zero attached hydrogens (tertiary/aromatic N) is 1. The van der Waals surface area contributed by atoms with Crippen LogP contribution >= 0.6 is 0 Å². The van der Waals surface area contributed by atoms with Crippen molar-refractivity contribution in [1.82, 2.24) is 15.5 Å². The molecule has 2 rings (SSSR count). The van der Waals surface area contributed by atoms with E-state index in [0.29, 0.717) is 18.5 Å². The molecule has 0 aromatic heterocycles. The Morgan fingerprint density at radius 1 is 1.37 bits per heavy atom. The van der Waals surface area contributed by atoms with Gasteiger partial charge in [0, 0.05) is 11.8 Å². The van der Waals surface area contributed by atoms with Gasteiger partial charge in [-0.15, -0.1) is 0 Å². The first-order valence-corrected chi connectivity index (χ1v) is 6.20. The molecule has 0 aliphatic carbocycles. The fourth-order valence-corrected chi connectivity index (χ4v) is 2.36. The molecule has 0 saturated carbocycles. The minimum Gasteiger partial charge on any atom is -0.374 e. The summed E-state index contributed by atoms with van der Waals surface area (Å²) in [6, 6.07) is -1.11. The molecule has 0 bridgehead atoms. The van der Waals surface area contributed by atoms with Gasteiger partial charge in [-0.3, -0.25) is 15.3 Å². The average Bonchev–Trinajstić information content (AvgIpc) is 2.33. The van der Waals surface area contributed by atoms with Crippen molar-refractivity contribution in [3.63, 3.8) is 0 Å². The van der Waals surface area contributed by atoms with E-state index in [0.717, 1.165) is 0 Å². The van der Waals surface area contributed by atoms with Crippen molar-refractivity contribution < 1.29 is 14.7 Å². The summed E-state index contributed by atoms with van der Waals surface area (Å²) in [5.74, 6) is -0.662. The highest BCUT2D eigenvalue weighted by molar-refractivity contribution is 5.90. The van der Waals surface area contributed by atoms with Gasteiger partial charge >= 0.3 is 0 Å². The Balaban J connectivity index is 2.20. The minimum absolute atomic E-state index is 0.325. The Labute approximate surface area is 110 Å². The molecule has 8 heteroatoms. The van der Waals surface area contributed by atoms with E-state index >= 15 is 0 Å². The number of aliphatic hydroxyl groups excluding tert-OH is 1. The van der Waals surface area contributed by atoms with Crippen LogP contribution in [0.15, 0.2) is 11.8 Å². The molecule has 7 N–H and O–H groups in total. The number of likely N-dealkylation sites (tertiary alicyclic amines) is 1. The van der Waals surface area contributed by atoms with Crippen LogP contribution in [0, 0.1) is 0 Å². The van der Waals surface area contributed by atoms with E-state index in [4.69, 9.17) is 11.5 Å². The lowest BCUT2D eigenvalue weighted by Gasteiger charge is -2.41. The van der Waals surface area contributed by atoms with Crippen LogP contribution in [0.3, 0.4) is 0 Å². The van der Waals surface area contributed by atoms with Gasteiger partial charge in [-0.2, -0.15) is 0 Å². The van der Waals surface area contributed by atoms with Crippen molar-refractivity contribution in [2.45, 2.75) is 44.4 Å². The van der Waals surface area contributed by atoms with Gasteiger partial charge in [-0.1, -0.05) is 0 Å². The average molecular weight is 269 g/mol. The second kappa shape index (κ2) is 5.16. The van der Waals surface area contributed by atoms with Crippen molar-refractivity contribution in [1.29, 1.82) is 0 Å². The molecule has 2 amide bonds. The highest BCUT2D eigenvalue weighted by Crippen LogP contribution is 2.21. The largest absolute Gasteiger partial charge is 0.374 e. The summed E-state index contributed by atoms with van der Waals surface area (Å²) in [6.45, 7) is 1.71. The maximum atomic E-state index is 12.0. The number of piperidine rings is 1. The summed E-state index contributed by atoms with van der Waals surface area (Å²) in [5.41, 5.74) is 11.8. The Morgan fingerprint density at radius 2 is 2.05 bits per heavy atom. The second-order valence-electron chi connectivity index (χ2n) is 4.82. The van der Waals surface area contributed by atoms with Gasteiger partial charge in [-0.25, -0.2) is 0 Å². The lowest BCUT2D eigenvalue weighted by Crippen LogP contribution is -2.61. The van der Waals surface area contributed by atoms with Gasteiger partial charge < -0.3 is 26.4 Å². The molecular formula is C11H19N5O3. The smallest absolute Gasteiger partial charge is 0.248 e. The highest BCUT2D eigenvalue weighted by Gasteiger charge is 2.37. The minimum atomic E-state index is -0.897. The second-order valence-corrected chi connectivity index (χ2v) is 4.82. The van der Waals surface area contributed by atoms with Gasteiger partial charge in [0.25, 0.3) is 0 Å². The molecule has 2 heterocycles. The summed E-state index contributed by atoms with van der Waals surface area (Å²) >= 11 is 0. The fourth-order valence-electron chi connectivity index (χ4n) is 2.36. The Hall–Kier alpha value is -1.64. The number of nitrogens with two attached hydrogens (primary N) is 2. The SMILES string of the molecule is CC(C1=CC(=O)NC(N)N1)N1C(=O)C(N)CCC1O. The van der Waals surface area contributed by atoms with Crippen molar-refractivity contribution in [2.75, 3.05) is 0 Å². The van der Waals surface area contributed by atoms with Crippen molar-refractivity contribution in [2.24, 2.45) is 11.5 Å². The van der Waals surface area contributed by atoms with Crippen LogP contribution in [0.2, 0.25) is 0 Å². The van der Waals surface area contributed by atoms with Crippen molar-refractivity contribution >= 4 is 11.8 Å². The number of nitrogens with one attached hydrogen (secondary N) is 2. The number of aliphatic hydroxyl groups is 1. The van der Waals surface area contributed by atoms with Crippen molar-refractivity contribution in [3.05, 3.63) is 11.8 Å². The Kier molecular flexibility index (Phi) is 3.74. The molecule has 1 fully saturated rings. The van der Waals surface area contributed by atoms with Gasteiger partial charge in [0.05, 0.1) is 12.1 Å². The third-order valence-electron chi connectivity index (χ3n) is 3.40. The summed E-state index contributed by atoms with van der Waals surface area (Å²) in [6.07, 6.45) is 0.596. The summed E-state index contributed by atoms with van der Waals surface area (Å²) in [5, 5.41) is 15.3. The number of amides is 2. The maximum Gasteiger partial charge on any atom is 0.248 e. The first-order chi connectivity index (χ1) is 8.90. The maximum absolute atomic E-state index is 12.0. The lowest BCUT2D eigenvalue weighted by molar-refractivity contribution is -0.151. The van der Waals surface area contributed by atoms with Gasteiger partial charge in [0.15, 0.2) is 6.29 Å². The zero-order valence-corrected chi connectivity index (χ0v) is 10.7. The Bertz CT molecular complexity index is 425. The molecule has 2 aliphatic heterocycles. The third kappa shape index (κ3) is 2.70. The topological polar surface area (TPSA) is 134 Å². The molecule has 0 aromatic carbocycles. The zero-order chi connectivity index (χ0) is 14.2. The van der Waals surface area contributed by atoms with E-state index in [2.05, 4.69) is 10.6 Å². The molecule has 8 nitrogen and oxygen atoms in total. The van der Waals surface area contributed by atoms with E-state index in [-0.39, 0.29) is 11.8 Å². The van der Waals surface area contributed by atoms with Crippen LogP contribution in [0.4, 0.5) is 0 Å². The van der Waals surface area contributed by atoms with E-state index in [1.807, 2.05) is 0 Å². The van der Waals surface area contributed by atoms with Crippen LogP contribution in [-0.2, 0) is 9.59 Å². The third-order valence-corrected chi connectivity index (χ3v) is 3.40. The van der Waals surface area contributed by atoms with E-state index < -0.39 is 24.6 Å². The molecule has 19 heavy (non-hydrogen) atoms. The normalized spacial score (nSPS) is 33.4. The standard InChI is InChI=1S/C11H19N5O3/c1-5(7-4-8(17)15-11(13)14-7)16-9(18)3-2-6(12)10(16)19/h4-6,9,11,14,18H,2-3,12-13H2,1H3,(H,15,17). The van der Waals surface area contributed by atoms with Gasteiger partial charge in [0.1, 0.15) is 6.23 Å². The van der Waals surface area contributed by atoms with Gasteiger partial charge in [-0.05, 0) is 19.8 Å². The van der Waals surface area contributed by atoms with E-state index in [9.17, 15) is 14.7 Å². The van der Waals surface area contributed by atoms with Crippen LogP contribution in [0.1, 0.15) is 19.8 Å². The molecule has 0 spiro atoms. The molecule has 1 saturated heterocycles. The molecule has 4 atom stereocenters. The van der Waals surface area contributed by atoms with E-state index in [1.54, 1.807) is 6.92 Å². The van der Waals surface area contributed by atoms with Crippen LogP contribution < -0.4 is 22.1 Å². The monoisotopic (exact) mass is 269 g/mol. The van der Waals surface area contributed by atoms with Crippen LogP contribution in [0.25, 0.3) is 0 Å². The number of carbonyl (C=O) groups is 2. The predicted octanol–water partition coefficient (Wildman–Crippen LogP) is -2.51. The first-order valence-electron chi connectivity index (χ1n) is 6.20. The Morgan fingerprint density at radius 3 is 2.68 bits per heavy atom. The predicted molar refractivity (Wildman–Crippen MR) is 66.9 cm³/mol. The number of hydrogen-bond donors (Lipinski definition) is 5. The number of hydrogen-bond acceptors (Lipinski definition) is 6. The van der Waals surface area contributed by atoms with E-state index in [1.165, 1.54) is 11.0 Å². The summed E-state index contributed by atoms with van der Waals surface area (Å²) in [7, 11) is 0. The first kappa shape index (κ1) is 13.8. The molecular weight excluding hydrogens is 250 g/mol. The van der Waals surface area contributed by atoms with Crippen LogP contribution in [0.5, 0.6) is 0 Å². The van der Waals surface area contributed by atoms with Crippen molar-refractivity contribution in [3.8, 4) is 0 Å². The zero-order valence-electron chi connectivity index (χ0n) is 10.7. The molecule has 0 aromatic rings. The molecule has 0 radical (unpaired) electrons. The van der Waals surface area contributed by atoms with Gasteiger partial charge in [0.2, 0.25) is 11.8 Å². The summed E-state index contributed by atoms with van der Waals surface area (Å²) in [4.78, 5) is 24.7. The number of carbonyl (C=O) groups excluding carboxylic acids is 2. The fraction of sp³-hybridized carbons (Fsp3) is 0.636. The number of rotatable bonds is 2. The molecule has 4 unspecified atom stereocenters. The lowest BCUT2D eigenvalue weighted by atomic mass is 10.0. The highest BCUT2D eigenvalue weighted by atomic mass is 16.3. The summed E-state index contributed by atoms with van der Waals surface area (Å²) < 4.78 is 0. The molecule has 2 aliphatic rings. The quantitative estimate of drug-likeness (QED) is 0.376. The van der Waals surface area contributed by atoms with Crippen LogP contribution in [-0.4, -0.2) is 46.4 Å².